The van der Waals surface area contributed by atoms with Crippen LogP contribution in [0.3, 0.4) is 0 Å². The van der Waals surface area contributed by atoms with Crippen LogP contribution in [0.4, 0.5) is 4.39 Å². The van der Waals surface area contributed by atoms with E-state index in [1.807, 2.05) is 0 Å². The molecule has 106 valence electrons. The molecule has 2 nitrogen and oxygen atoms in total. The predicted molar refractivity (Wildman–Crippen MR) is 79.7 cm³/mol. The van der Waals surface area contributed by atoms with E-state index in [1.54, 1.807) is 6.07 Å². The molecule has 0 aromatic heterocycles. The minimum absolute atomic E-state index is 0.0970. The zero-order valence-electron chi connectivity index (χ0n) is 11.5. The van der Waals surface area contributed by atoms with Crippen LogP contribution in [0.2, 0.25) is 0 Å². The van der Waals surface area contributed by atoms with E-state index in [2.05, 4.69) is 35.1 Å². The number of hydrogen-bond donors (Lipinski definition) is 1. The zero-order chi connectivity index (χ0) is 14.3. The first kappa shape index (κ1) is 16.2. The van der Waals surface area contributed by atoms with Crippen molar-refractivity contribution >= 4 is 21.8 Å². The molecule has 1 rings (SSSR count). The fourth-order valence-electron chi connectivity index (χ4n) is 1.95. The van der Waals surface area contributed by atoms with Gasteiger partial charge in [-0.25, -0.2) is 4.39 Å². The molecular weight excluding hydrogens is 309 g/mol. The Morgan fingerprint density at radius 1 is 1.42 bits per heavy atom. The van der Waals surface area contributed by atoms with E-state index in [0.29, 0.717) is 16.9 Å². The van der Waals surface area contributed by atoms with E-state index in [9.17, 15) is 9.18 Å². The van der Waals surface area contributed by atoms with Crippen LogP contribution in [0.5, 0.6) is 0 Å². The summed E-state index contributed by atoms with van der Waals surface area (Å²) in [6.45, 7) is 4.88. The molecule has 1 aromatic carbocycles. The monoisotopic (exact) mass is 329 g/mol. The standard InChI is InChI=1S/C15H21BrFNO/c1-3-5-6-11(4-2)10-18-15(19)13-9-12(16)7-8-14(13)17/h7-9,11H,3-6,10H2,1-2H3,(H,18,19)/t11-/m0/s1. The molecule has 4 heteroatoms. The molecule has 1 amide bonds. The number of halogens is 2. The van der Waals surface area contributed by atoms with Crippen LogP contribution in [0.15, 0.2) is 22.7 Å². The molecule has 0 heterocycles. The van der Waals surface area contributed by atoms with Crippen LogP contribution in [-0.2, 0) is 0 Å². The van der Waals surface area contributed by atoms with Gasteiger partial charge in [0.1, 0.15) is 5.82 Å². The van der Waals surface area contributed by atoms with Crippen molar-refractivity contribution in [3.63, 3.8) is 0 Å². The molecule has 0 unspecified atom stereocenters. The third kappa shape index (κ3) is 5.31. The van der Waals surface area contributed by atoms with Crippen molar-refractivity contribution in [2.75, 3.05) is 6.54 Å². The Morgan fingerprint density at radius 3 is 2.79 bits per heavy atom. The highest BCUT2D eigenvalue weighted by Crippen LogP contribution is 2.16. The number of amides is 1. The highest BCUT2D eigenvalue weighted by Gasteiger charge is 2.13. The van der Waals surface area contributed by atoms with Crippen LogP contribution in [0.1, 0.15) is 49.9 Å². The minimum Gasteiger partial charge on any atom is -0.352 e. The average molecular weight is 330 g/mol. The Morgan fingerprint density at radius 2 is 2.16 bits per heavy atom. The lowest BCUT2D eigenvalue weighted by Crippen LogP contribution is -2.29. The molecule has 0 fully saturated rings. The van der Waals surface area contributed by atoms with Crippen molar-refractivity contribution in [2.24, 2.45) is 5.92 Å². The minimum atomic E-state index is -0.484. The molecule has 0 aliphatic carbocycles. The largest absolute Gasteiger partial charge is 0.352 e. The van der Waals surface area contributed by atoms with E-state index < -0.39 is 5.82 Å². The lowest BCUT2D eigenvalue weighted by Gasteiger charge is -2.15. The van der Waals surface area contributed by atoms with Crippen LogP contribution >= 0.6 is 15.9 Å². The summed E-state index contributed by atoms with van der Waals surface area (Å²) in [5.41, 5.74) is 0.0970. The average Bonchev–Trinajstić information content (AvgIpc) is 2.41. The van der Waals surface area contributed by atoms with Crippen LogP contribution in [-0.4, -0.2) is 12.5 Å². The van der Waals surface area contributed by atoms with E-state index in [1.165, 1.54) is 18.6 Å². The number of rotatable bonds is 7. The van der Waals surface area contributed by atoms with E-state index in [-0.39, 0.29) is 11.5 Å². The van der Waals surface area contributed by atoms with Crippen LogP contribution < -0.4 is 5.32 Å². The number of nitrogens with one attached hydrogen (secondary N) is 1. The van der Waals surface area contributed by atoms with Crippen molar-refractivity contribution < 1.29 is 9.18 Å². The lowest BCUT2D eigenvalue weighted by molar-refractivity contribution is 0.0941. The summed E-state index contributed by atoms with van der Waals surface area (Å²) in [6.07, 6.45) is 4.46. The smallest absolute Gasteiger partial charge is 0.254 e. The molecule has 1 N–H and O–H groups in total. The summed E-state index contributed by atoms with van der Waals surface area (Å²) < 4.78 is 14.3. The van der Waals surface area contributed by atoms with Gasteiger partial charge in [-0.2, -0.15) is 0 Å². The molecule has 0 aliphatic heterocycles. The van der Waals surface area contributed by atoms with Crippen LogP contribution in [0.25, 0.3) is 0 Å². The van der Waals surface area contributed by atoms with E-state index >= 15 is 0 Å². The number of benzene rings is 1. The SMILES string of the molecule is CCCC[C@H](CC)CNC(=O)c1cc(Br)ccc1F. The van der Waals surface area contributed by atoms with Gasteiger partial charge >= 0.3 is 0 Å². The second-order valence-corrected chi connectivity index (χ2v) is 5.67. The molecule has 0 aliphatic rings. The normalized spacial score (nSPS) is 12.2. The Labute approximate surface area is 122 Å². The van der Waals surface area contributed by atoms with Gasteiger partial charge in [0.2, 0.25) is 0 Å². The highest BCUT2D eigenvalue weighted by molar-refractivity contribution is 9.10. The summed E-state index contributed by atoms with van der Waals surface area (Å²) in [4.78, 5) is 11.9. The second kappa shape index (κ2) is 8.31. The van der Waals surface area contributed by atoms with Gasteiger partial charge in [-0.05, 0) is 30.5 Å². The van der Waals surface area contributed by atoms with Crippen molar-refractivity contribution in [3.05, 3.63) is 34.1 Å². The van der Waals surface area contributed by atoms with Gasteiger partial charge in [-0.15, -0.1) is 0 Å². The van der Waals surface area contributed by atoms with E-state index in [0.717, 1.165) is 19.3 Å². The molecule has 0 bridgehead atoms. The van der Waals surface area contributed by atoms with E-state index in [4.69, 9.17) is 0 Å². The number of unbranched alkanes of at least 4 members (excludes halogenated alkanes) is 1. The Kier molecular flexibility index (Phi) is 7.06. The molecule has 0 saturated heterocycles. The van der Waals surface area contributed by atoms with Crippen molar-refractivity contribution in [3.8, 4) is 0 Å². The van der Waals surface area contributed by atoms with Gasteiger partial charge in [-0.1, -0.05) is 49.0 Å². The molecule has 19 heavy (non-hydrogen) atoms. The quantitative estimate of drug-likeness (QED) is 0.782. The Bertz CT molecular complexity index is 423. The van der Waals surface area contributed by atoms with Gasteiger partial charge in [0.25, 0.3) is 5.91 Å². The third-order valence-electron chi connectivity index (χ3n) is 3.27. The molecular formula is C15H21BrFNO. The maximum Gasteiger partial charge on any atom is 0.254 e. The second-order valence-electron chi connectivity index (χ2n) is 4.75. The molecule has 1 aromatic rings. The number of carbonyl (C=O) groups excluding carboxylic acids is 1. The van der Waals surface area contributed by atoms with Crippen molar-refractivity contribution in [2.45, 2.75) is 39.5 Å². The summed E-state index contributed by atoms with van der Waals surface area (Å²) in [6, 6.07) is 4.40. The first-order valence-corrected chi connectivity index (χ1v) is 7.61. The van der Waals surface area contributed by atoms with Crippen molar-refractivity contribution in [1.29, 1.82) is 0 Å². The molecule has 0 saturated carbocycles. The molecule has 0 spiro atoms. The maximum atomic E-state index is 13.5. The van der Waals surface area contributed by atoms with Gasteiger partial charge in [0, 0.05) is 11.0 Å². The number of hydrogen-bond acceptors (Lipinski definition) is 1. The van der Waals surface area contributed by atoms with Gasteiger partial charge in [0.05, 0.1) is 5.56 Å². The predicted octanol–water partition coefficient (Wildman–Crippen LogP) is 4.53. The summed E-state index contributed by atoms with van der Waals surface area (Å²) >= 11 is 3.25. The van der Waals surface area contributed by atoms with Gasteiger partial charge < -0.3 is 5.32 Å². The summed E-state index contributed by atoms with van der Waals surface area (Å²) in [5.74, 6) is -0.352. The third-order valence-corrected chi connectivity index (χ3v) is 3.76. The fraction of sp³-hybridized carbons (Fsp3) is 0.533. The first-order chi connectivity index (χ1) is 9.08. The summed E-state index contributed by atoms with van der Waals surface area (Å²) in [7, 11) is 0. The number of carbonyl (C=O) groups is 1. The molecule has 1 atom stereocenters. The highest BCUT2D eigenvalue weighted by atomic mass is 79.9. The zero-order valence-corrected chi connectivity index (χ0v) is 13.1. The van der Waals surface area contributed by atoms with Gasteiger partial charge in [0.15, 0.2) is 0 Å². The van der Waals surface area contributed by atoms with Gasteiger partial charge in [-0.3, -0.25) is 4.79 Å². The Hall–Kier alpha value is -0.900. The fourth-order valence-corrected chi connectivity index (χ4v) is 2.31. The maximum absolute atomic E-state index is 13.5. The molecule has 0 radical (unpaired) electrons. The topological polar surface area (TPSA) is 29.1 Å². The summed E-state index contributed by atoms with van der Waals surface area (Å²) in [5, 5.41) is 2.83. The lowest BCUT2D eigenvalue weighted by atomic mass is 9.99. The first-order valence-electron chi connectivity index (χ1n) is 6.81. The van der Waals surface area contributed by atoms with Crippen LogP contribution in [0, 0.1) is 11.7 Å². The Balaban J connectivity index is 2.56. The van der Waals surface area contributed by atoms with Crippen molar-refractivity contribution in [1.82, 2.24) is 5.32 Å².